The van der Waals surface area contributed by atoms with Crippen molar-refractivity contribution in [1.29, 1.82) is 0 Å². The number of hydrogen-bond donors (Lipinski definition) is 2. The van der Waals surface area contributed by atoms with E-state index in [2.05, 4.69) is 39.4 Å². The van der Waals surface area contributed by atoms with E-state index in [0.29, 0.717) is 18.4 Å². The molecule has 0 aliphatic carbocycles. The number of anilines is 2. The third-order valence-electron chi connectivity index (χ3n) is 3.06. The Morgan fingerprint density at radius 3 is 2.63 bits per heavy atom. The lowest BCUT2D eigenvalue weighted by molar-refractivity contribution is 0.0314. The van der Waals surface area contributed by atoms with Gasteiger partial charge < -0.3 is 15.4 Å². The molecule has 2 N–H and O–H groups in total. The van der Waals surface area contributed by atoms with Crippen molar-refractivity contribution in [1.82, 2.24) is 15.0 Å². The van der Waals surface area contributed by atoms with E-state index in [1.807, 2.05) is 0 Å². The van der Waals surface area contributed by atoms with Crippen LogP contribution >= 0.6 is 11.6 Å². The van der Waals surface area contributed by atoms with E-state index >= 15 is 0 Å². The number of rotatable bonds is 6. The van der Waals surface area contributed by atoms with Crippen molar-refractivity contribution in [3.8, 4) is 0 Å². The van der Waals surface area contributed by atoms with Crippen molar-refractivity contribution in [3.05, 3.63) is 5.28 Å². The van der Waals surface area contributed by atoms with Gasteiger partial charge in [-0.1, -0.05) is 6.92 Å². The Kier molecular flexibility index (Phi) is 4.76. The van der Waals surface area contributed by atoms with Crippen molar-refractivity contribution in [2.75, 3.05) is 30.3 Å². The Bertz CT molecular complexity index is 423. The molecule has 0 aromatic carbocycles. The zero-order chi connectivity index (χ0) is 13.7. The molecule has 0 bridgehead atoms. The highest BCUT2D eigenvalue weighted by molar-refractivity contribution is 6.28. The summed E-state index contributed by atoms with van der Waals surface area (Å²) in [6.07, 6.45) is 3.14. The first-order chi connectivity index (χ1) is 9.11. The number of nitrogens with zero attached hydrogens (tertiary/aromatic N) is 3. The molecule has 1 aliphatic heterocycles. The highest BCUT2D eigenvalue weighted by Gasteiger charge is 2.29. The lowest BCUT2D eigenvalue weighted by Gasteiger charge is -2.23. The molecule has 1 fully saturated rings. The number of aromatic nitrogens is 3. The standard InChI is InChI=1S/C12H20ClN5O/c1-3-6-14-10-16-9(13)17-11(18-10)15-8-12(2)5-4-7-19-12/h3-8H2,1-2H3,(H2,14,15,16,17,18). The molecule has 2 rings (SSSR count). The molecule has 106 valence electrons. The van der Waals surface area contributed by atoms with Crippen LogP contribution in [0.15, 0.2) is 0 Å². The Hall–Kier alpha value is -1.14. The molecule has 0 amide bonds. The molecular formula is C12H20ClN5O. The molecule has 0 radical (unpaired) electrons. The zero-order valence-corrected chi connectivity index (χ0v) is 12.1. The maximum Gasteiger partial charge on any atom is 0.228 e. The first-order valence-electron chi connectivity index (χ1n) is 6.64. The summed E-state index contributed by atoms with van der Waals surface area (Å²) < 4.78 is 5.71. The van der Waals surface area contributed by atoms with Gasteiger partial charge in [0, 0.05) is 19.7 Å². The molecule has 0 spiro atoms. The van der Waals surface area contributed by atoms with Gasteiger partial charge in [-0.15, -0.1) is 0 Å². The van der Waals surface area contributed by atoms with E-state index in [0.717, 1.165) is 32.4 Å². The van der Waals surface area contributed by atoms with Gasteiger partial charge in [-0.25, -0.2) is 0 Å². The predicted molar refractivity (Wildman–Crippen MR) is 75.7 cm³/mol. The third kappa shape index (κ3) is 4.18. The van der Waals surface area contributed by atoms with Crippen molar-refractivity contribution in [3.63, 3.8) is 0 Å². The van der Waals surface area contributed by atoms with Crippen LogP contribution in [0, 0.1) is 0 Å². The second kappa shape index (κ2) is 6.34. The molecule has 1 atom stereocenters. The van der Waals surface area contributed by atoms with Gasteiger partial charge in [0.1, 0.15) is 0 Å². The minimum atomic E-state index is -0.143. The highest BCUT2D eigenvalue weighted by Crippen LogP contribution is 2.25. The van der Waals surface area contributed by atoms with Gasteiger partial charge >= 0.3 is 0 Å². The van der Waals surface area contributed by atoms with Crippen LogP contribution in [0.25, 0.3) is 0 Å². The number of halogens is 1. The molecule has 0 saturated carbocycles. The first kappa shape index (κ1) is 14.3. The average Bonchev–Trinajstić information content (AvgIpc) is 2.81. The molecule has 1 saturated heterocycles. The zero-order valence-electron chi connectivity index (χ0n) is 11.4. The van der Waals surface area contributed by atoms with Gasteiger partial charge in [0.25, 0.3) is 0 Å². The van der Waals surface area contributed by atoms with Crippen LogP contribution in [0.2, 0.25) is 5.28 Å². The maximum atomic E-state index is 5.89. The SMILES string of the molecule is CCCNc1nc(Cl)nc(NCC2(C)CCCO2)n1. The van der Waals surface area contributed by atoms with Crippen LogP contribution in [-0.2, 0) is 4.74 Å². The van der Waals surface area contributed by atoms with E-state index in [-0.39, 0.29) is 10.9 Å². The Balaban J connectivity index is 1.97. The summed E-state index contributed by atoms with van der Waals surface area (Å²) in [7, 11) is 0. The van der Waals surface area contributed by atoms with Crippen molar-refractivity contribution in [2.24, 2.45) is 0 Å². The highest BCUT2D eigenvalue weighted by atomic mass is 35.5. The molecule has 6 nitrogen and oxygen atoms in total. The third-order valence-corrected chi connectivity index (χ3v) is 3.23. The molecule has 2 heterocycles. The predicted octanol–water partition coefficient (Wildman–Crippen LogP) is 2.33. The van der Waals surface area contributed by atoms with E-state index < -0.39 is 0 Å². The summed E-state index contributed by atoms with van der Waals surface area (Å²) in [5.74, 6) is 0.983. The molecule has 1 aliphatic rings. The van der Waals surface area contributed by atoms with Gasteiger partial charge in [0.15, 0.2) is 0 Å². The molecule has 1 aromatic rings. The van der Waals surface area contributed by atoms with E-state index in [4.69, 9.17) is 16.3 Å². The normalized spacial score (nSPS) is 22.5. The van der Waals surface area contributed by atoms with Gasteiger partial charge in [0.2, 0.25) is 17.2 Å². The summed E-state index contributed by atoms with van der Waals surface area (Å²) in [5.41, 5.74) is -0.143. The fraction of sp³-hybridized carbons (Fsp3) is 0.750. The van der Waals surface area contributed by atoms with Crippen LogP contribution in [-0.4, -0.2) is 40.2 Å². The van der Waals surface area contributed by atoms with Crippen molar-refractivity contribution < 1.29 is 4.74 Å². The summed E-state index contributed by atoms with van der Waals surface area (Å²) in [6.45, 7) is 6.46. The Morgan fingerprint density at radius 2 is 2.00 bits per heavy atom. The quantitative estimate of drug-likeness (QED) is 0.836. The lowest BCUT2D eigenvalue weighted by atomic mass is 10.0. The Labute approximate surface area is 118 Å². The monoisotopic (exact) mass is 285 g/mol. The molecular weight excluding hydrogens is 266 g/mol. The van der Waals surface area contributed by atoms with Crippen molar-refractivity contribution in [2.45, 2.75) is 38.7 Å². The first-order valence-corrected chi connectivity index (χ1v) is 7.02. The summed E-state index contributed by atoms with van der Waals surface area (Å²) in [4.78, 5) is 12.4. The minimum Gasteiger partial charge on any atom is -0.373 e. The van der Waals surface area contributed by atoms with Crippen molar-refractivity contribution >= 4 is 23.5 Å². The summed E-state index contributed by atoms with van der Waals surface area (Å²) in [5, 5.41) is 6.46. The van der Waals surface area contributed by atoms with Crippen LogP contribution in [0.5, 0.6) is 0 Å². The fourth-order valence-electron chi connectivity index (χ4n) is 1.99. The molecule has 1 aromatic heterocycles. The number of hydrogen-bond acceptors (Lipinski definition) is 6. The summed E-state index contributed by atoms with van der Waals surface area (Å²) >= 11 is 5.89. The summed E-state index contributed by atoms with van der Waals surface area (Å²) in [6, 6.07) is 0. The van der Waals surface area contributed by atoms with Gasteiger partial charge in [-0.3, -0.25) is 0 Å². The topological polar surface area (TPSA) is 72.0 Å². The van der Waals surface area contributed by atoms with Crippen LogP contribution in [0.3, 0.4) is 0 Å². The largest absolute Gasteiger partial charge is 0.373 e. The van der Waals surface area contributed by atoms with E-state index in [1.54, 1.807) is 0 Å². The second-order valence-corrected chi connectivity index (χ2v) is 5.27. The lowest BCUT2D eigenvalue weighted by Crippen LogP contribution is -2.33. The molecule has 19 heavy (non-hydrogen) atoms. The van der Waals surface area contributed by atoms with Crippen LogP contribution < -0.4 is 10.6 Å². The van der Waals surface area contributed by atoms with E-state index in [1.165, 1.54) is 0 Å². The minimum absolute atomic E-state index is 0.143. The van der Waals surface area contributed by atoms with Gasteiger partial charge in [-0.05, 0) is 37.8 Å². The van der Waals surface area contributed by atoms with Gasteiger partial charge in [-0.2, -0.15) is 15.0 Å². The number of ether oxygens (including phenoxy) is 1. The Morgan fingerprint density at radius 1 is 1.26 bits per heavy atom. The van der Waals surface area contributed by atoms with Gasteiger partial charge in [0.05, 0.1) is 5.60 Å². The van der Waals surface area contributed by atoms with E-state index in [9.17, 15) is 0 Å². The molecule has 7 heteroatoms. The number of nitrogens with one attached hydrogen (secondary N) is 2. The second-order valence-electron chi connectivity index (χ2n) is 4.93. The molecule has 1 unspecified atom stereocenters. The van der Waals surface area contributed by atoms with Crippen LogP contribution in [0.4, 0.5) is 11.9 Å². The smallest absolute Gasteiger partial charge is 0.228 e. The van der Waals surface area contributed by atoms with Crippen LogP contribution in [0.1, 0.15) is 33.1 Å². The average molecular weight is 286 g/mol. The maximum absolute atomic E-state index is 5.89. The fourth-order valence-corrected chi connectivity index (χ4v) is 2.15.